The summed E-state index contributed by atoms with van der Waals surface area (Å²) in [5.74, 6) is 0. The van der Waals surface area contributed by atoms with E-state index in [2.05, 4.69) is 218 Å². The van der Waals surface area contributed by atoms with E-state index in [0.29, 0.717) is 0 Å². The highest BCUT2D eigenvalue weighted by Gasteiger charge is 2.29. The number of rotatable bonds is 10. The second-order valence-corrected chi connectivity index (χ2v) is 17.9. The molecule has 3 heteroatoms. The predicted octanol–water partition coefficient (Wildman–Crippen LogP) is 11.7. The van der Waals surface area contributed by atoms with Gasteiger partial charge >= 0.3 is 0 Å². The van der Waals surface area contributed by atoms with Crippen molar-refractivity contribution in [2.45, 2.75) is 12.8 Å². The van der Waals surface area contributed by atoms with E-state index in [4.69, 9.17) is 0 Å². The minimum absolute atomic E-state index is 0.888. The van der Waals surface area contributed by atoms with Crippen LogP contribution in [-0.4, -0.2) is 11.5 Å². The lowest BCUT2D eigenvalue weighted by molar-refractivity contribution is 0.912. The molecular formula is C49H41NP2. The molecule has 1 aliphatic carbocycles. The lowest BCUT2D eigenvalue weighted by Gasteiger charge is -2.36. The van der Waals surface area contributed by atoms with Crippen LogP contribution in [0.5, 0.6) is 0 Å². The molecule has 0 amide bonds. The topological polar surface area (TPSA) is 3.24 Å². The van der Waals surface area contributed by atoms with E-state index < -0.39 is 16.1 Å². The summed E-state index contributed by atoms with van der Waals surface area (Å²) in [6.45, 7) is 0. The summed E-state index contributed by atoms with van der Waals surface area (Å²) < 4.78 is 2.69. The van der Waals surface area contributed by atoms with Gasteiger partial charge < -0.3 is 0 Å². The van der Waals surface area contributed by atoms with Gasteiger partial charge in [0.25, 0.3) is 0 Å². The molecule has 1 atom stereocenters. The molecule has 0 saturated carbocycles. The molecule has 7 aromatic carbocycles. The van der Waals surface area contributed by atoms with E-state index in [-0.39, 0.29) is 0 Å². The van der Waals surface area contributed by atoms with Crippen molar-refractivity contribution in [2.24, 2.45) is 0 Å². The molecule has 252 valence electrons. The maximum Gasteiger partial charge on any atom is 0.0320 e. The number of nitrogens with zero attached hydrogens (tertiary/aromatic N) is 1. The van der Waals surface area contributed by atoms with E-state index in [9.17, 15) is 0 Å². The fourth-order valence-electron chi connectivity index (χ4n) is 6.96. The quantitative estimate of drug-likeness (QED) is 0.128. The Bertz CT molecular complexity index is 2180. The Kier molecular flexibility index (Phi) is 10.5. The molecule has 0 saturated heterocycles. The third-order valence-electron chi connectivity index (χ3n) is 9.68. The average molecular weight is 706 g/mol. The van der Waals surface area contributed by atoms with Crippen LogP contribution in [0.15, 0.2) is 206 Å². The Morgan fingerprint density at radius 2 is 0.654 bits per heavy atom. The molecule has 1 unspecified atom stereocenters. The molecule has 1 aliphatic rings. The highest BCUT2D eigenvalue weighted by atomic mass is 31.2. The highest BCUT2D eigenvalue weighted by Crippen LogP contribution is 2.53. The maximum atomic E-state index is 2.69. The smallest absolute Gasteiger partial charge is 0.0320 e. The summed E-state index contributed by atoms with van der Waals surface area (Å²) >= 11 is 0. The SMILES string of the molecule is CN(P(c1ccc(C2=CCCC=C2)cc1)c1ccc(-c2ccccc2)cc1)P(c1ccc(-c2ccccc2)cc1)c1ccc(-c2ccccc2)cc1. The molecule has 0 spiro atoms. The van der Waals surface area contributed by atoms with Crippen LogP contribution in [0.1, 0.15) is 18.4 Å². The van der Waals surface area contributed by atoms with Crippen molar-refractivity contribution in [1.29, 1.82) is 0 Å². The third kappa shape index (κ3) is 7.55. The minimum Gasteiger partial charge on any atom is -0.248 e. The van der Waals surface area contributed by atoms with Gasteiger partial charge in [-0.3, -0.25) is 0 Å². The van der Waals surface area contributed by atoms with Gasteiger partial charge in [-0.25, -0.2) is 4.44 Å². The predicted molar refractivity (Wildman–Crippen MR) is 229 cm³/mol. The van der Waals surface area contributed by atoms with Crippen LogP contribution >= 0.6 is 16.1 Å². The lowest BCUT2D eigenvalue weighted by Crippen LogP contribution is -2.29. The van der Waals surface area contributed by atoms with Crippen LogP contribution in [0, 0.1) is 0 Å². The number of benzene rings is 7. The highest BCUT2D eigenvalue weighted by molar-refractivity contribution is 7.84. The zero-order valence-corrected chi connectivity index (χ0v) is 31.2. The third-order valence-corrected chi connectivity index (χ3v) is 15.1. The van der Waals surface area contributed by atoms with Gasteiger partial charge in [0.15, 0.2) is 0 Å². The molecule has 0 fully saturated rings. The largest absolute Gasteiger partial charge is 0.248 e. The first-order valence-electron chi connectivity index (χ1n) is 18.0. The standard InChI is InChI=1S/C49H41NP2/c1-50(51(46-30-22-42(23-31-46)38-14-6-2-7-15-38)47-32-24-43(25-33-47)39-16-8-3-9-17-39)52(48-34-26-44(27-35-48)40-18-10-4-11-19-40)49-36-28-45(29-37-49)41-20-12-5-13-21-41/h2-4,6-12,14-37H,5,13H2,1H3. The zero-order valence-electron chi connectivity index (χ0n) is 29.4. The lowest BCUT2D eigenvalue weighted by atomic mass is 10.00. The molecular weight excluding hydrogens is 664 g/mol. The van der Waals surface area contributed by atoms with Crippen molar-refractivity contribution >= 4 is 42.9 Å². The fourth-order valence-corrected chi connectivity index (χ4v) is 12.6. The van der Waals surface area contributed by atoms with Crippen LogP contribution < -0.4 is 21.2 Å². The molecule has 0 N–H and O–H groups in total. The first-order valence-corrected chi connectivity index (χ1v) is 20.6. The Labute approximate surface area is 311 Å². The second kappa shape index (κ2) is 16.0. The van der Waals surface area contributed by atoms with Crippen molar-refractivity contribution in [2.75, 3.05) is 7.05 Å². The molecule has 52 heavy (non-hydrogen) atoms. The van der Waals surface area contributed by atoms with Gasteiger partial charge in [-0.15, -0.1) is 0 Å². The normalized spacial score (nSPS) is 13.2. The van der Waals surface area contributed by atoms with Gasteiger partial charge in [-0.2, -0.15) is 0 Å². The zero-order chi connectivity index (χ0) is 35.1. The molecule has 8 rings (SSSR count). The molecule has 0 aliphatic heterocycles. The Morgan fingerprint density at radius 1 is 0.346 bits per heavy atom. The van der Waals surface area contributed by atoms with Crippen LogP contribution in [0.3, 0.4) is 0 Å². The van der Waals surface area contributed by atoms with Gasteiger partial charge in [0.05, 0.1) is 0 Å². The van der Waals surface area contributed by atoms with Gasteiger partial charge in [0, 0.05) is 16.1 Å². The monoisotopic (exact) mass is 705 g/mol. The maximum absolute atomic E-state index is 2.69. The Balaban J connectivity index is 1.22. The van der Waals surface area contributed by atoms with Crippen molar-refractivity contribution in [1.82, 2.24) is 4.44 Å². The van der Waals surface area contributed by atoms with Crippen LogP contribution in [0.4, 0.5) is 0 Å². The Morgan fingerprint density at radius 3 is 0.962 bits per heavy atom. The Hall–Kier alpha value is -5.16. The fraction of sp³-hybridized carbons (Fsp3) is 0.0612. The van der Waals surface area contributed by atoms with Gasteiger partial charge in [-0.1, -0.05) is 206 Å². The van der Waals surface area contributed by atoms with Crippen molar-refractivity contribution in [3.8, 4) is 33.4 Å². The van der Waals surface area contributed by atoms with Crippen molar-refractivity contribution in [3.63, 3.8) is 0 Å². The molecule has 1 nitrogen and oxygen atoms in total. The first kappa shape index (κ1) is 34.0. The van der Waals surface area contributed by atoms with Crippen LogP contribution in [-0.2, 0) is 0 Å². The average Bonchev–Trinajstić information content (AvgIpc) is 3.23. The van der Waals surface area contributed by atoms with Crippen LogP contribution in [0.2, 0.25) is 0 Å². The van der Waals surface area contributed by atoms with Crippen molar-refractivity contribution < 1.29 is 0 Å². The first-order chi connectivity index (χ1) is 25.7. The van der Waals surface area contributed by atoms with E-state index in [1.165, 1.54) is 65.7 Å². The summed E-state index contributed by atoms with van der Waals surface area (Å²) in [5.41, 5.74) is 10.0. The summed E-state index contributed by atoms with van der Waals surface area (Å²) in [6, 6.07) is 69.3. The number of hydrogen-bond acceptors (Lipinski definition) is 1. The van der Waals surface area contributed by atoms with E-state index >= 15 is 0 Å². The summed E-state index contributed by atoms with van der Waals surface area (Å²) in [6.07, 6.45) is 9.15. The molecule has 0 heterocycles. The number of hydrogen-bond donors (Lipinski definition) is 0. The van der Waals surface area contributed by atoms with Gasteiger partial charge in [-0.05, 0) is 85.6 Å². The molecule has 7 aromatic rings. The molecule has 0 bridgehead atoms. The minimum atomic E-state index is -0.893. The molecule has 0 radical (unpaired) electrons. The van der Waals surface area contributed by atoms with Gasteiger partial charge in [0.1, 0.15) is 0 Å². The summed E-state index contributed by atoms with van der Waals surface area (Å²) in [7, 11) is 0.565. The van der Waals surface area contributed by atoms with Crippen molar-refractivity contribution in [3.05, 3.63) is 212 Å². The summed E-state index contributed by atoms with van der Waals surface area (Å²) in [5, 5.41) is 5.37. The van der Waals surface area contributed by atoms with E-state index in [1.807, 2.05) is 0 Å². The molecule has 0 aromatic heterocycles. The van der Waals surface area contributed by atoms with E-state index in [0.717, 1.165) is 12.8 Å². The van der Waals surface area contributed by atoms with Gasteiger partial charge in [0.2, 0.25) is 0 Å². The van der Waals surface area contributed by atoms with E-state index in [1.54, 1.807) is 0 Å². The summed E-state index contributed by atoms with van der Waals surface area (Å²) in [4.78, 5) is 0. The second-order valence-electron chi connectivity index (χ2n) is 13.0. The van der Waals surface area contributed by atoms with Crippen LogP contribution in [0.25, 0.3) is 39.0 Å². The number of allylic oxidation sites excluding steroid dienone is 4.